The number of halogens is 1. The van der Waals surface area contributed by atoms with E-state index in [4.69, 9.17) is 11.6 Å². The first-order valence-electron chi connectivity index (χ1n) is 6.77. The molecule has 1 saturated carbocycles. The van der Waals surface area contributed by atoms with Crippen molar-refractivity contribution in [2.24, 2.45) is 5.92 Å². The third kappa shape index (κ3) is 2.04. The van der Waals surface area contributed by atoms with Gasteiger partial charge in [-0.2, -0.15) is 0 Å². The zero-order chi connectivity index (χ0) is 14.3. The summed E-state index contributed by atoms with van der Waals surface area (Å²) in [4.78, 5) is 37.4. The highest BCUT2D eigenvalue weighted by Crippen LogP contribution is 2.36. The van der Waals surface area contributed by atoms with Crippen LogP contribution in [-0.4, -0.2) is 24.0 Å². The zero-order valence-corrected chi connectivity index (χ0v) is 11.7. The minimum atomic E-state index is -0.653. The number of amides is 1. The van der Waals surface area contributed by atoms with Crippen molar-refractivity contribution in [1.82, 2.24) is 0 Å². The number of carbonyl (C=O) groups excluding carboxylic acids is 3. The summed E-state index contributed by atoms with van der Waals surface area (Å²) in [6, 6.07) is 4.83. The number of benzene rings is 1. The highest BCUT2D eigenvalue weighted by Gasteiger charge is 2.39. The predicted octanol–water partition coefficient (Wildman–Crippen LogP) is 2.63. The van der Waals surface area contributed by atoms with Crippen molar-refractivity contribution in [3.63, 3.8) is 0 Å². The summed E-state index contributed by atoms with van der Waals surface area (Å²) in [5.41, 5.74) is 0.678. The Morgan fingerprint density at radius 3 is 2.65 bits per heavy atom. The molecule has 0 radical (unpaired) electrons. The van der Waals surface area contributed by atoms with Gasteiger partial charge in [0.05, 0.1) is 22.8 Å². The zero-order valence-electron chi connectivity index (χ0n) is 10.9. The van der Waals surface area contributed by atoms with E-state index in [1.807, 2.05) is 0 Å². The highest BCUT2D eigenvalue weighted by atomic mass is 35.5. The minimum absolute atomic E-state index is 0.0180. The fourth-order valence-electron chi connectivity index (χ4n) is 3.00. The lowest BCUT2D eigenvalue weighted by atomic mass is 10.0. The summed E-state index contributed by atoms with van der Waals surface area (Å²) in [6.45, 7) is -0.0496. The van der Waals surface area contributed by atoms with E-state index in [-0.39, 0.29) is 18.2 Å². The van der Waals surface area contributed by atoms with Gasteiger partial charge < -0.3 is 0 Å². The third-order valence-corrected chi connectivity index (χ3v) is 4.37. The molecule has 1 amide bonds. The first kappa shape index (κ1) is 13.3. The number of carbonyl (C=O) groups is 3. The highest BCUT2D eigenvalue weighted by molar-refractivity contribution is 6.54. The molecule has 0 atom stereocenters. The van der Waals surface area contributed by atoms with Crippen LogP contribution in [0.3, 0.4) is 0 Å². The Bertz CT molecular complexity index is 605. The van der Waals surface area contributed by atoms with Crippen LogP contribution in [0, 0.1) is 5.92 Å². The van der Waals surface area contributed by atoms with E-state index in [9.17, 15) is 14.4 Å². The molecule has 1 aromatic carbocycles. The van der Waals surface area contributed by atoms with Gasteiger partial charge in [0.15, 0.2) is 5.78 Å². The summed E-state index contributed by atoms with van der Waals surface area (Å²) in [6.07, 6.45) is 3.87. The number of hydrogen-bond donors (Lipinski definition) is 0. The van der Waals surface area contributed by atoms with Crippen LogP contribution in [0.15, 0.2) is 18.2 Å². The van der Waals surface area contributed by atoms with Crippen molar-refractivity contribution in [3.8, 4) is 0 Å². The van der Waals surface area contributed by atoms with Gasteiger partial charge in [0.1, 0.15) is 0 Å². The molecule has 1 aliphatic carbocycles. The number of rotatable bonds is 3. The van der Waals surface area contributed by atoms with Crippen LogP contribution >= 0.6 is 11.6 Å². The SMILES string of the molecule is O=C1C(=O)N(CC(=O)C2CCCC2)c2c(Cl)cccc21. The lowest BCUT2D eigenvalue weighted by Crippen LogP contribution is -2.36. The van der Waals surface area contributed by atoms with Crippen LogP contribution in [0.5, 0.6) is 0 Å². The number of nitrogens with zero attached hydrogens (tertiary/aromatic N) is 1. The van der Waals surface area contributed by atoms with Crippen LogP contribution < -0.4 is 4.90 Å². The van der Waals surface area contributed by atoms with Crippen LogP contribution in [0.2, 0.25) is 5.02 Å². The molecule has 0 unspecified atom stereocenters. The van der Waals surface area contributed by atoms with Crippen molar-refractivity contribution < 1.29 is 14.4 Å². The van der Waals surface area contributed by atoms with E-state index in [0.717, 1.165) is 25.7 Å². The Kier molecular flexibility index (Phi) is 3.34. The quantitative estimate of drug-likeness (QED) is 0.805. The van der Waals surface area contributed by atoms with Gasteiger partial charge in [-0.3, -0.25) is 19.3 Å². The molecule has 1 fully saturated rings. The maximum atomic E-state index is 12.2. The van der Waals surface area contributed by atoms with Crippen molar-refractivity contribution >= 4 is 34.8 Å². The second-order valence-electron chi connectivity index (χ2n) is 5.30. The van der Waals surface area contributed by atoms with Crippen molar-refractivity contribution in [2.45, 2.75) is 25.7 Å². The molecule has 2 aliphatic rings. The molecule has 1 aliphatic heterocycles. The first-order valence-corrected chi connectivity index (χ1v) is 7.15. The molecule has 1 aromatic rings. The van der Waals surface area contributed by atoms with E-state index in [0.29, 0.717) is 16.3 Å². The van der Waals surface area contributed by atoms with Gasteiger partial charge >= 0.3 is 0 Å². The molecule has 0 saturated heterocycles. The maximum Gasteiger partial charge on any atom is 0.299 e. The van der Waals surface area contributed by atoms with E-state index in [1.165, 1.54) is 4.90 Å². The van der Waals surface area contributed by atoms with Gasteiger partial charge in [0.25, 0.3) is 11.7 Å². The summed E-state index contributed by atoms with van der Waals surface area (Å²) >= 11 is 6.08. The lowest BCUT2D eigenvalue weighted by Gasteiger charge is -2.18. The Morgan fingerprint density at radius 2 is 1.95 bits per heavy atom. The monoisotopic (exact) mass is 291 g/mol. The van der Waals surface area contributed by atoms with Gasteiger partial charge in [0, 0.05) is 5.92 Å². The molecule has 0 aromatic heterocycles. The number of ketones is 2. The van der Waals surface area contributed by atoms with Crippen LogP contribution in [0.1, 0.15) is 36.0 Å². The van der Waals surface area contributed by atoms with E-state index < -0.39 is 11.7 Å². The molecule has 0 N–H and O–H groups in total. The van der Waals surface area contributed by atoms with Crippen LogP contribution in [0.4, 0.5) is 5.69 Å². The molecule has 3 rings (SSSR count). The normalized spacial score (nSPS) is 18.8. The Labute approximate surface area is 121 Å². The second-order valence-corrected chi connectivity index (χ2v) is 5.71. The van der Waals surface area contributed by atoms with Crippen molar-refractivity contribution in [1.29, 1.82) is 0 Å². The fourth-order valence-corrected chi connectivity index (χ4v) is 3.27. The molecule has 4 nitrogen and oxygen atoms in total. The molecular formula is C15H14ClNO3. The average molecular weight is 292 g/mol. The van der Waals surface area contributed by atoms with Gasteiger partial charge in [-0.15, -0.1) is 0 Å². The minimum Gasteiger partial charge on any atom is -0.297 e. The van der Waals surface area contributed by atoms with E-state index in [1.54, 1.807) is 18.2 Å². The number of para-hydroxylation sites is 1. The summed E-state index contributed by atoms with van der Waals surface area (Å²) in [7, 11) is 0. The average Bonchev–Trinajstić information content (AvgIpc) is 3.03. The van der Waals surface area contributed by atoms with Crippen LogP contribution in [-0.2, 0) is 9.59 Å². The molecule has 104 valence electrons. The standard InChI is InChI=1S/C15H14ClNO3/c16-11-7-3-6-10-13(11)17(15(20)14(10)19)8-12(18)9-4-1-2-5-9/h3,6-7,9H,1-2,4-5,8H2. The second kappa shape index (κ2) is 5.02. The largest absolute Gasteiger partial charge is 0.299 e. The summed E-state index contributed by atoms with van der Waals surface area (Å²) in [5.74, 6) is -1.19. The van der Waals surface area contributed by atoms with Crippen molar-refractivity contribution in [3.05, 3.63) is 28.8 Å². The van der Waals surface area contributed by atoms with Gasteiger partial charge in [0.2, 0.25) is 0 Å². The van der Waals surface area contributed by atoms with Crippen LogP contribution in [0.25, 0.3) is 0 Å². The van der Waals surface area contributed by atoms with E-state index in [2.05, 4.69) is 0 Å². The number of Topliss-reactive ketones (excluding diaryl/α,β-unsaturated/α-hetero) is 2. The Balaban J connectivity index is 1.89. The molecule has 0 bridgehead atoms. The molecule has 5 heteroatoms. The number of fused-ring (bicyclic) bond motifs is 1. The van der Waals surface area contributed by atoms with Gasteiger partial charge in [-0.25, -0.2) is 0 Å². The lowest BCUT2D eigenvalue weighted by molar-refractivity contribution is -0.123. The van der Waals surface area contributed by atoms with Gasteiger partial charge in [-0.05, 0) is 25.0 Å². The molecule has 1 heterocycles. The molecule has 0 spiro atoms. The molecular weight excluding hydrogens is 278 g/mol. The Hall–Kier alpha value is -1.68. The smallest absolute Gasteiger partial charge is 0.297 e. The molecule has 20 heavy (non-hydrogen) atoms. The number of anilines is 1. The first-order chi connectivity index (χ1) is 9.59. The third-order valence-electron chi connectivity index (χ3n) is 4.07. The number of hydrogen-bond acceptors (Lipinski definition) is 3. The summed E-state index contributed by atoms with van der Waals surface area (Å²) < 4.78 is 0. The summed E-state index contributed by atoms with van der Waals surface area (Å²) in [5, 5.41) is 0.334. The maximum absolute atomic E-state index is 12.2. The van der Waals surface area contributed by atoms with E-state index >= 15 is 0 Å². The topological polar surface area (TPSA) is 54.5 Å². The Morgan fingerprint density at radius 1 is 1.25 bits per heavy atom. The fraction of sp³-hybridized carbons (Fsp3) is 0.400. The van der Waals surface area contributed by atoms with Gasteiger partial charge in [-0.1, -0.05) is 30.5 Å². The van der Waals surface area contributed by atoms with Crippen molar-refractivity contribution in [2.75, 3.05) is 11.4 Å². The predicted molar refractivity (Wildman–Crippen MR) is 75.1 cm³/mol.